The Bertz CT molecular complexity index is 1110. The van der Waals surface area contributed by atoms with Gasteiger partial charge in [-0.25, -0.2) is 20.8 Å². The lowest BCUT2D eigenvalue weighted by molar-refractivity contribution is 0.589. The number of fused-ring (bicyclic) bond motifs is 1. The molecule has 9 heteroatoms. The average molecular weight is 435 g/mol. The summed E-state index contributed by atoms with van der Waals surface area (Å²) in [6.07, 6.45) is 1.03. The molecule has 5 nitrogen and oxygen atoms in total. The van der Waals surface area contributed by atoms with Crippen LogP contribution in [0.1, 0.15) is 0 Å². The number of hydrogen-bond acceptors (Lipinski definition) is 4. The van der Waals surface area contributed by atoms with Crippen molar-refractivity contribution in [2.45, 2.75) is 9.79 Å². The molecule has 1 heterocycles. The zero-order valence-electron chi connectivity index (χ0n) is 11.3. The van der Waals surface area contributed by atoms with Crippen LogP contribution in [0.3, 0.4) is 0 Å². The Morgan fingerprint density at radius 2 is 1.57 bits per heavy atom. The summed E-state index contributed by atoms with van der Waals surface area (Å²) in [4.78, 5) is -0.212. The number of halogens is 2. The van der Waals surface area contributed by atoms with Gasteiger partial charge in [0.15, 0.2) is 0 Å². The minimum atomic E-state index is -4.12. The lowest BCUT2D eigenvalue weighted by Gasteiger charge is -2.07. The normalized spacial score (nSPS) is 12.6. The SMILES string of the molecule is O=S(=O)(Cl)c1cn(S(=O)(=O)c2ccccc2)c2cccc(Br)c12. The summed E-state index contributed by atoms with van der Waals surface area (Å²) in [6.45, 7) is 0. The summed E-state index contributed by atoms with van der Waals surface area (Å²) in [5.41, 5.74) is 0.224. The molecule has 0 amide bonds. The van der Waals surface area contributed by atoms with Crippen molar-refractivity contribution in [1.82, 2.24) is 3.97 Å². The molecule has 0 saturated carbocycles. The van der Waals surface area contributed by atoms with Crippen molar-refractivity contribution < 1.29 is 16.8 Å². The van der Waals surface area contributed by atoms with Gasteiger partial charge in [0.1, 0.15) is 4.90 Å². The molecule has 0 aliphatic heterocycles. The summed E-state index contributed by atoms with van der Waals surface area (Å²) >= 11 is 3.25. The Kier molecular flexibility index (Phi) is 4.04. The zero-order valence-corrected chi connectivity index (χ0v) is 15.3. The number of rotatable bonds is 3. The monoisotopic (exact) mass is 433 g/mol. The number of hydrogen-bond donors (Lipinski definition) is 0. The molecule has 0 saturated heterocycles. The highest BCUT2D eigenvalue weighted by molar-refractivity contribution is 9.10. The molecule has 0 atom stereocenters. The Labute approximate surface area is 146 Å². The third-order valence-corrected chi connectivity index (χ3v) is 6.95. The van der Waals surface area contributed by atoms with E-state index in [1.165, 1.54) is 18.2 Å². The predicted molar refractivity (Wildman–Crippen MR) is 91.7 cm³/mol. The second kappa shape index (κ2) is 5.62. The molecule has 0 fully saturated rings. The maximum absolute atomic E-state index is 12.8. The molecule has 3 rings (SSSR count). The molecule has 0 radical (unpaired) electrons. The van der Waals surface area contributed by atoms with Crippen LogP contribution >= 0.6 is 26.6 Å². The molecular formula is C14H9BrClNO4S2. The highest BCUT2D eigenvalue weighted by Crippen LogP contribution is 2.35. The van der Waals surface area contributed by atoms with Gasteiger partial charge in [-0.3, -0.25) is 0 Å². The van der Waals surface area contributed by atoms with Crippen molar-refractivity contribution >= 4 is 56.6 Å². The Balaban J connectivity index is 2.43. The van der Waals surface area contributed by atoms with E-state index >= 15 is 0 Å². The largest absolute Gasteiger partial charge is 0.268 e. The first-order valence-corrected chi connectivity index (χ1v) is 10.8. The maximum atomic E-state index is 12.8. The van der Waals surface area contributed by atoms with Crippen molar-refractivity contribution in [3.63, 3.8) is 0 Å². The highest BCUT2D eigenvalue weighted by atomic mass is 79.9. The van der Waals surface area contributed by atoms with Gasteiger partial charge in [-0.05, 0) is 24.3 Å². The van der Waals surface area contributed by atoms with E-state index in [0.717, 1.165) is 10.2 Å². The van der Waals surface area contributed by atoms with Gasteiger partial charge in [-0.15, -0.1) is 0 Å². The van der Waals surface area contributed by atoms with Crippen LogP contribution in [0.5, 0.6) is 0 Å². The molecule has 23 heavy (non-hydrogen) atoms. The van der Waals surface area contributed by atoms with Crippen LogP contribution in [0.4, 0.5) is 0 Å². The van der Waals surface area contributed by atoms with Crippen LogP contribution in [0.15, 0.2) is 69.0 Å². The van der Waals surface area contributed by atoms with Crippen molar-refractivity contribution in [2.24, 2.45) is 0 Å². The van der Waals surface area contributed by atoms with E-state index in [4.69, 9.17) is 10.7 Å². The van der Waals surface area contributed by atoms with Crippen LogP contribution in [0.2, 0.25) is 0 Å². The summed E-state index contributed by atoms with van der Waals surface area (Å²) in [5.74, 6) is 0. The van der Waals surface area contributed by atoms with Gasteiger partial charge in [0.05, 0.1) is 10.4 Å². The Hall–Kier alpha value is -1.35. The van der Waals surface area contributed by atoms with Gasteiger partial charge >= 0.3 is 0 Å². The summed E-state index contributed by atoms with van der Waals surface area (Å²) < 4.78 is 50.6. The Morgan fingerprint density at radius 3 is 2.17 bits per heavy atom. The van der Waals surface area contributed by atoms with Gasteiger partial charge in [0.25, 0.3) is 19.1 Å². The molecule has 120 valence electrons. The maximum Gasteiger partial charge on any atom is 0.268 e. The minimum Gasteiger partial charge on any atom is -0.240 e. The zero-order chi connectivity index (χ0) is 16.8. The van der Waals surface area contributed by atoms with E-state index < -0.39 is 19.1 Å². The average Bonchev–Trinajstić information content (AvgIpc) is 2.90. The fourth-order valence-electron chi connectivity index (χ4n) is 2.27. The van der Waals surface area contributed by atoms with Crippen LogP contribution in [-0.2, 0) is 19.1 Å². The molecular weight excluding hydrogens is 426 g/mol. The van der Waals surface area contributed by atoms with Gasteiger partial charge in [0.2, 0.25) is 0 Å². The molecule has 0 spiro atoms. The van der Waals surface area contributed by atoms with Gasteiger partial charge < -0.3 is 0 Å². The first-order valence-electron chi connectivity index (χ1n) is 6.28. The number of nitrogens with zero attached hydrogens (tertiary/aromatic N) is 1. The lowest BCUT2D eigenvalue weighted by Crippen LogP contribution is -2.11. The molecule has 0 N–H and O–H groups in total. The molecule has 0 bridgehead atoms. The first-order chi connectivity index (χ1) is 10.7. The van der Waals surface area contributed by atoms with Gasteiger partial charge in [-0.2, -0.15) is 0 Å². The van der Waals surface area contributed by atoms with Gasteiger partial charge in [0, 0.05) is 26.7 Å². The van der Waals surface area contributed by atoms with E-state index in [1.807, 2.05) is 0 Å². The van der Waals surface area contributed by atoms with Crippen LogP contribution in [-0.4, -0.2) is 20.8 Å². The van der Waals surface area contributed by atoms with E-state index in [9.17, 15) is 16.8 Å². The fourth-order valence-corrected chi connectivity index (χ4v) is 5.46. The quantitative estimate of drug-likeness (QED) is 0.591. The van der Waals surface area contributed by atoms with E-state index in [0.29, 0.717) is 4.47 Å². The third-order valence-electron chi connectivity index (χ3n) is 3.27. The van der Waals surface area contributed by atoms with Gasteiger partial charge in [-0.1, -0.05) is 40.2 Å². The topological polar surface area (TPSA) is 73.2 Å². The smallest absolute Gasteiger partial charge is 0.240 e. The van der Waals surface area contributed by atoms with Crippen LogP contribution in [0.25, 0.3) is 10.9 Å². The summed E-state index contributed by atoms with van der Waals surface area (Å²) in [6, 6.07) is 12.5. The number of benzene rings is 2. The second-order valence-corrected chi connectivity index (χ2v) is 9.88. The van der Waals surface area contributed by atoms with Crippen molar-refractivity contribution in [2.75, 3.05) is 0 Å². The minimum absolute atomic E-state index is 0.0513. The molecule has 0 aliphatic carbocycles. The predicted octanol–water partition coefficient (Wildman–Crippen LogP) is 3.57. The van der Waals surface area contributed by atoms with Crippen LogP contribution < -0.4 is 0 Å². The van der Waals surface area contributed by atoms with E-state index in [2.05, 4.69) is 15.9 Å². The van der Waals surface area contributed by atoms with Crippen molar-refractivity contribution in [3.8, 4) is 0 Å². The molecule has 0 aliphatic rings. The second-order valence-electron chi connectivity index (χ2n) is 4.68. The fraction of sp³-hybridized carbons (Fsp3) is 0. The van der Waals surface area contributed by atoms with E-state index in [1.54, 1.807) is 30.3 Å². The molecule has 1 aromatic heterocycles. The highest BCUT2D eigenvalue weighted by Gasteiger charge is 2.26. The van der Waals surface area contributed by atoms with Crippen molar-refractivity contribution in [1.29, 1.82) is 0 Å². The van der Waals surface area contributed by atoms with E-state index in [-0.39, 0.29) is 20.7 Å². The standard InChI is InChI=1S/C14H9BrClNO4S2/c15-11-7-4-8-12-14(11)13(22(16,18)19)9-17(12)23(20,21)10-5-2-1-3-6-10/h1-9H. The molecule has 2 aromatic carbocycles. The Morgan fingerprint density at radius 1 is 0.913 bits per heavy atom. The molecule has 0 unspecified atom stereocenters. The first kappa shape index (κ1) is 16.5. The summed E-state index contributed by atoms with van der Waals surface area (Å²) in [5, 5.41) is 0.224. The number of aromatic nitrogens is 1. The van der Waals surface area contributed by atoms with Crippen molar-refractivity contribution in [3.05, 3.63) is 59.2 Å². The third kappa shape index (κ3) is 2.80. The summed E-state index contributed by atoms with van der Waals surface area (Å²) in [7, 11) is -2.60. The van der Waals surface area contributed by atoms with Crippen LogP contribution in [0, 0.1) is 0 Å². The lowest BCUT2D eigenvalue weighted by atomic mass is 10.2. The molecule has 3 aromatic rings.